The van der Waals surface area contributed by atoms with Crippen LogP contribution in [0.4, 0.5) is 0 Å². The van der Waals surface area contributed by atoms with Gasteiger partial charge in [-0.15, -0.1) is 0 Å². The number of hydrogen-bond donors (Lipinski definition) is 0. The van der Waals surface area contributed by atoms with Crippen molar-refractivity contribution in [3.05, 3.63) is 60.2 Å². The standard InChI is InChI=1S/C25H26N2O4/c1-3-31-24(28)16-27(15-17-8-9-17)25(29)21-14-23(18-10-12-19(30-2)13-11-18)26-22-7-5-4-6-20(21)22/h4-7,10-14,17H,3,8-9,15-16H2,1-2H3. The number of pyridine rings is 1. The maximum atomic E-state index is 13.6. The van der Waals surface area contributed by atoms with Gasteiger partial charge in [-0.1, -0.05) is 18.2 Å². The Morgan fingerprint density at radius 1 is 1.10 bits per heavy atom. The van der Waals surface area contributed by atoms with Gasteiger partial charge in [-0.25, -0.2) is 4.98 Å². The first-order valence-electron chi connectivity index (χ1n) is 10.6. The number of para-hydroxylation sites is 1. The van der Waals surface area contributed by atoms with E-state index in [1.54, 1.807) is 18.9 Å². The molecule has 0 bridgehead atoms. The second kappa shape index (κ2) is 9.16. The molecule has 0 unspecified atom stereocenters. The van der Waals surface area contributed by atoms with Crippen molar-refractivity contribution in [1.29, 1.82) is 0 Å². The molecule has 0 N–H and O–H groups in total. The molecule has 160 valence electrons. The van der Waals surface area contributed by atoms with Crippen LogP contribution in [0.15, 0.2) is 54.6 Å². The maximum Gasteiger partial charge on any atom is 0.325 e. The van der Waals surface area contributed by atoms with Gasteiger partial charge in [-0.05, 0) is 62.1 Å². The Morgan fingerprint density at radius 3 is 2.52 bits per heavy atom. The molecule has 6 nitrogen and oxygen atoms in total. The van der Waals surface area contributed by atoms with Crippen molar-refractivity contribution in [2.75, 3.05) is 26.8 Å². The molecule has 1 aliphatic carbocycles. The third-order valence-electron chi connectivity index (χ3n) is 5.42. The number of rotatable bonds is 8. The molecule has 31 heavy (non-hydrogen) atoms. The van der Waals surface area contributed by atoms with Crippen LogP contribution in [0.1, 0.15) is 30.1 Å². The van der Waals surface area contributed by atoms with Crippen molar-refractivity contribution in [2.24, 2.45) is 5.92 Å². The van der Waals surface area contributed by atoms with Crippen LogP contribution in [0.25, 0.3) is 22.2 Å². The largest absolute Gasteiger partial charge is 0.497 e. The Hall–Kier alpha value is -3.41. The van der Waals surface area contributed by atoms with Gasteiger partial charge in [0.15, 0.2) is 0 Å². The van der Waals surface area contributed by atoms with Crippen molar-refractivity contribution in [3.63, 3.8) is 0 Å². The minimum atomic E-state index is -0.384. The first kappa shape index (κ1) is 20.8. The molecule has 0 radical (unpaired) electrons. The van der Waals surface area contributed by atoms with Crippen LogP contribution in [-0.2, 0) is 9.53 Å². The summed E-state index contributed by atoms with van der Waals surface area (Å²) in [5.41, 5.74) is 2.87. The highest BCUT2D eigenvalue weighted by atomic mass is 16.5. The van der Waals surface area contributed by atoms with E-state index >= 15 is 0 Å². The predicted molar refractivity (Wildman–Crippen MR) is 119 cm³/mol. The molecule has 6 heteroatoms. The topological polar surface area (TPSA) is 68.7 Å². The van der Waals surface area contributed by atoms with E-state index in [2.05, 4.69) is 0 Å². The van der Waals surface area contributed by atoms with E-state index in [1.807, 2.05) is 54.6 Å². The number of esters is 1. The van der Waals surface area contributed by atoms with Crippen LogP contribution < -0.4 is 4.74 Å². The fourth-order valence-electron chi connectivity index (χ4n) is 3.63. The Bertz CT molecular complexity index is 1090. The number of methoxy groups -OCH3 is 1. The lowest BCUT2D eigenvalue weighted by Crippen LogP contribution is -2.38. The lowest BCUT2D eigenvalue weighted by atomic mass is 10.0. The number of amides is 1. The number of benzene rings is 2. The van der Waals surface area contributed by atoms with Gasteiger partial charge in [0.25, 0.3) is 5.91 Å². The summed E-state index contributed by atoms with van der Waals surface area (Å²) in [7, 11) is 1.62. The highest BCUT2D eigenvalue weighted by Gasteiger charge is 2.30. The average molecular weight is 418 g/mol. The lowest BCUT2D eigenvalue weighted by molar-refractivity contribution is -0.143. The first-order valence-corrected chi connectivity index (χ1v) is 10.6. The second-order valence-corrected chi connectivity index (χ2v) is 7.73. The molecular weight excluding hydrogens is 392 g/mol. The molecule has 4 rings (SSSR count). The normalized spacial score (nSPS) is 13.1. The third kappa shape index (κ3) is 4.85. The quantitative estimate of drug-likeness (QED) is 0.510. The van der Waals surface area contributed by atoms with E-state index in [4.69, 9.17) is 14.5 Å². The molecule has 3 aromatic rings. The van der Waals surface area contributed by atoms with Gasteiger partial charge in [-0.3, -0.25) is 9.59 Å². The van der Waals surface area contributed by atoms with Crippen molar-refractivity contribution in [2.45, 2.75) is 19.8 Å². The van der Waals surface area contributed by atoms with Gasteiger partial charge in [0.1, 0.15) is 12.3 Å². The molecule has 1 aliphatic rings. The van der Waals surface area contributed by atoms with E-state index < -0.39 is 0 Å². The summed E-state index contributed by atoms with van der Waals surface area (Å²) in [4.78, 5) is 32.2. The Morgan fingerprint density at radius 2 is 1.84 bits per heavy atom. The highest BCUT2D eigenvalue weighted by molar-refractivity contribution is 6.07. The zero-order valence-corrected chi connectivity index (χ0v) is 17.8. The van der Waals surface area contributed by atoms with Crippen LogP contribution in [0, 0.1) is 5.92 Å². The molecule has 1 amide bonds. The van der Waals surface area contributed by atoms with Crippen molar-refractivity contribution in [1.82, 2.24) is 9.88 Å². The van der Waals surface area contributed by atoms with E-state index in [1.165, 1.54) is 0 Å². The van der Waals surface area contributed by atoms with Gasteiger partial charge < -0.3 is 14.4 Å². The summed E-state index contributed by atoms with van der Waals surface area (Å²) in [6, 6.07) is 17.0. The van der Waals surface area contributed by atoms with Crippen molar-refractivity contribution < 1.29 is 19.1 Å². The van der Waals surface area contributed by atoms with E-state index in [0.717, 1.165) is 35.1 Å². The minimum Gasteiger partial charge on any atom is -0.497 e. The van der Waals surface area contributed by atoms with E-state index in [0.29, 0.717) is 30.3 Å². The fraction of sp³-hybridized carbons (Fsp3) is 0.320. The van der Waals surface area contributed by atoms with Crippen LogP contribution in [0.5, 0.6) is 5.75 Å². The summed E-state index contributed by atoms with van der Waals surface area (Å²) in [6.45, 7) is 2.58. The first-order chi connectivity index (χ1) is 15.1. The van der Waals surface area contributed by atoms with Gasteiger partial charge in [0, 0.05) is 17.5 Å². The second-order valence-electron chi connectivity index (χ2n) is 7.73. The zero-order valence-electron chi connectivity index (χ0n) is 17.8. The molecule has 0 atom stereocenters. The molecule has 1 aromatic heterocycles. The fourth-order valence-corrected chi connectivity index (χ4v) is 3.63. The number of carbonyl (C=O) groups excluding carboxylic acids is 2. The van der Waals surface area contributed by atoms with Crippen LogP contribution in [0.2, 0.25) is 0 Å². The number of aromatic nitrogens is 1. The molecule has 2 aromatic carbocycles. The lowest BCUT2D eigenvalue weighted by Gasteiger charge is -2.23. The SMILES string of the molecule is CCOC(=O)CN(CC1CC1)C(=O)c1cc(-c2ccc(OC)cc2)nc2ccccc12. The molecule has 1 heterocycles. The Balaban J connectivity index is 1.74. The Kier molecular flexibility index (Phi) is 6.16. The van der Waals surface area contributed by atoms with Crippen molar-refractivity contribution >= 4 is 22.8 Å². The molecular formula is C25H26N2O4. The number of hydrogen-bond acceptors (Lipinski definition) is 5. The minimum absolute atomic E-state index is 0.0440. The number of nitrogens with zero attached hydrogens (tertiary/aromatic N) is 2. The summed E-state index contributed by atoms with van der Waals surface area (Å²) < 4.78 is 10.3. The molecule has 1 saturated carbocycles. The van der Waals surface area contributed by atoms with Crippen LogP contribution in [0.3, 0.4) is 0 Å². The van der Waals surface area contributed by atoms with Crippen LogP contribution in [-0.4, -0.2) is 48.6 Å². The van der Waals surface area contributed by atoms with E-state index in [-0.39, 0.29) is 18.4 Å². The number of ether oxygens (including phenoxy) is 2. The zero-order chi connectivity index (χ0) is 21.8. The van der Waals surface area contributed by atoms with Gasteiger partial charge in [-0.2, -0.15) is 0 Å². The average Bonchev–Trinajstić information content (AvgIpc) is 3.62. The maximum absolute atomic E-state index is 13.6. The monoisotopic (exact) mass is 418 g/mol. The third-order valence-corrected chi connectivity index (χ3v) is 5.42. The Labute approximate surface area is 181 Å². The predicted octanol–water partition coefficient (Wildman–Crippen LogP) is 4.33. The van der Waals surface area contributed by atoms with Crippen LogP contribution >= 0.6 is 0 Å². The number of carbonyl (C=O) groups is 2. The number of fused-ring (bicyclic) bond motifs is 1. The van der Waals surface area contributed by atoms with Gasteiger partial charge in [0.05, 0.1) is 30.5 Å². The highest BCUT2D eigenvalue weighted by Crippen LogP contribution is 2.31. The summed E-state index contributed by atoms with van der Waals surface area (Å²) >= 11 is 0. The molecule has 0 spiro atoms. The van der Waals surface area contributed by atoms with Gasteiger partial charge >= 0.3 is 5.97 Å². The van der Waals surface area contributed by atoms with Crippen molar-refractivity contribution in [3.8, 4) is 17.0 Å². The summed E-state index contributed by atoms with van der Waals surface area (Å²) in [6.07, 6.45) is 2.17. The molecule has 0 aliphatic heterocycles. The molecule has 1 fully saturated rings. The summed E-state index contributed by atoms with van der Waals surface area (Å²) in [5, 5.41) is 0.773. The van der Waals surface area contributed by atoms with Gasteiger partial charge in [0.2, 0.25) is 0 Å². The molecule has 0 saturated heterocycles. The summed E-state index contributed by atoms with van der Waals surface area (Å²) in [5.74, 6) is 0.650. The van der Waals surface area contributed by atoms with E-state index in [9.17, 15) is 9.59 Å². The smallest absolute Gasteiger partial charge is 0.325 e.